The lowest BCUT2D eigenvalue weighted by molar-refractivity contribution is -0.0595. The summed E-state index contributed by atoms with van der Waals surface area (Å²) < 4.78 is 39.0. The van der Waals surface area contributed by atoms with Gasteiger partial charge in [0, 0.05) is 0 Å². The lowest BCUT2D eigenvalue weighted by atomic mass is 9.89. The Morgan fingerprint density at radius 1 is 1.39 bits per heavy atom. The van der Waals surface area contributed by atoms with Crippen LogP contribution in [0.4, 0.5) is 0 Å². The van der Waals surface area contributed by atoms with Gasteiger partial charge >= 0.3 is 10.4 Å². The molecule has 1 aromatic rings. The lowest BCUT2D eigenvalue weighted by Gasteiger charge is -2.34. The molecule has 8 heteroatoms. The summed E-state index contributed by atoms with van der Waals surface area (Å²) in [5, 5.41) is 1.28. The van der Waals surface area contributed by atoms with Crippen molar-refractivity contribution in [2.75, 3.05) is 6.54 Å². The molecule has 23 heavy (non-hydrogen) atoms. The highest BCUT2D eigenvalue weighted by Crippen LogP contribution is 2.38. The summed E-state index contributed by atoms with van der Waals surface area (Å²) in [4.78, 5) is 4.36. The largest absolute Gasteiger partial charge is 0.423 e. The van der Waals surface area contributed by atoms with E-state index in [0.29, 0.717) is 5.84 Å². The molecule has 4 rings (SSSR count). The Morgan fingerprint density at radius 3 is 3.00 bits per heavy atom. The second kappa shape index (κ2) is 5.27. The van der Waals surface area contributed by atoms with Crippen LogP contribution in [0.1, 0.15) is 36.1 Å². The molecule has 0 radical (unpaired) electrons. The van der Waals surface area contributed by atoms with E-state index in [-0.39, 0.29) is 12.6 Å². The lowest BCUT2D eigenvalue weighted by Crippen LogP contribution is -2.42. The summed E-state index contributed by atoms with van der Waals surface area (Å²) in [7, 11) is -4.04. The number of hydrogen-bond donors (Lipinski definition) is 0. The van der Waals surface area contributed by atoms with E-state index in [1.165, 1.54) is 16.2 Å². The standard InChI is InChI=1S/C15H18N2O5S/c1-3-10-7-12-9(2)5-4-6-11(12)14(20-10)15-16-13-8-17(15)22-23(18,19)21-13/h4-6,10,13-14H,3,7-8H2,1-2H3/t10-,13?,14-/m1/s1. The zero-order valence-electron chi connectivity index (χ0n) is 12.9. The Balaban J connectivity index is 1.75. The van der Waals surface area contributed by atoms with Gasteiger partial charge in [-0.1, -0.05) is 25.1 Å². The summed E-state index contributed by atoms with van der Waals surface area (Å²) >= 11 is 0. The van der Waals surface area contributed by atoms with E-state index in [9.17, 15) is 8.42 Å². The Hall–Kier alpha value is -1.48. The monoisotopic (exact) mass is 338 g/mol. The summed E-state index contributed by atoms with van der Waals surface area (Å²) in [5.74, 6) is 0.459. The Labute approximate surface area is 135 Å². The first kappa shape index (κ1) is 15.1. The molecule has 3 aliphatic heterocycles. The van der Waals surface area contributed by atoms with Crippen LogP contribution in [0, 0.1) is 6.92 Å². The predicted molar refractivity (Wildman–Crippen MR) is 81.8 cm³/mol. The average molecular weight is 338 g/mol. The molecule has 0 amide bonds. The third kappa shape index (κ3) is 2.55. The number of amidine groups is 1. The zero-order valence-corrected chi connectivity index (χ0v) is 13.7. The van der Waals surface area contributed by atoms with Gasteiger partial charge in [-0.25, -0.2) is 14.2 Å². The maximum absolute atomic E-state index is 11.6. The minimum absolute atomic E-state index is 0.0653. The minimum Gasteiger partial charge on any atom is -0.362 e. The molecule has 1 fully saturated rings. The van der Waals surface area contributed by atoms with Crippen molar-refractivity contribution in [2.24, 2.45) is 4.99 Å². The number of hydroxylamine groups is 2. The second-order valence-electron chi connectivity index (χ2n) is 5.98. The topological polar surface area (TPSA) is 77.4 Å². The summed E-state index contributed by atoms with van der Waals surface area (Å²) in [5.41, 5.74) is 3.46. The van der Waals surface area contributed by atoms with Gasteiger partial charge in [0.25, 0.3) is 0 Å². The van der Waals surface area contributed by atoms with Crippen molar-refractivity contribution in [2.45, 2.75) is 45.1 Å². The predicted octanol–water partition coefficient (Wildman–Crippen LogP) is 1.63. The molecule has 3 atom stereocenters. The van der Waals surface area contributed by atoms with Crippen LogP contribution in [0.3, 0.4) is 0 Å². The van der Waals surface area contributed by atoms with E-state index in [4.69, 9.17) is 13.2 Å². The quantitative estimate of drug-likeness (QED) is 0.816. The number of aliphatic imine (C=N–C) groups is 1. The molecule has 124 valence electrons. The Morgan fingerprint density at radius 2 is 2.22 bits per heavy atom. The van der Waals surface area contributed by atoms with Gasteiger partial charge in [-0.15, -0.1) is 4.28 Å². The van der Waals surface area contributed by atoms with E-state index < -0.39 is 22.7 Å². The highest BCUT2D eigenvalue weighted by atomic mass is 32.3. The average Bonchev–Trinajstić information content (AvgIpc) is 2.81. The molecule has 0 aliphatic carbocycles. The number of nitrogens with zero attached hydrogens (tertiary/aromatic N) is 2. The molecule has 1 unspecified atom stereocenters. The van der Waals surface area contributed by atoms with Crippen LogP contribution in [0.25, 0.3) is 0 Å². The normalized spacial score (nSPS) is 31.7. The number of ether oxygens (including phenoxy) is 1. The summed E-state index contributed by atoms with van der Waals surface area (Å²) in [6, 6.07) is 6.05. The molecule has 3 aliphatic rings. The van der Waals surface area contributed by atoms with Crippen LogP contribution in [0.5, 0.6) is 0 Å². The van der Waals surface area contributed by atoms with Crippen LogP contribution in [0.2, 0.25) is 0 Å². The third-order valence-electron chi connectivity index (χ3n) is 4.44. The van der Waals surface area contributed by atoms with Crippen molar-refractivity contribution >= 4 is 16.2 Å². The Bertz CT molecular complexity index is 776. The number of fused-ring (bicyclic) bond motifs is 3. The van der Waals surface area contributed by atoms with E-state index in [2.05, 4.69) is 24.9 Å². The van der Waals surface area contributed by atoms with Gasteiger partial charge in [0.1, 0.15) is 6.10 Å². The number of benzene rings is 1. The molecule has 1 aromatic carbocycles. The maximum Gasteiger partial charge on any atom is 0.423 e. The van der Waals surface area contributed by atoms with E-state index in [0.717, 1.165) is 18.4 Å². The molecule has 0 aromatic heterocycles. The fraction of sp³-hybridized carbons (Fsp3) is 0.533. The first-order chi connectivity index (χ1) is 11.0. The molecule has 0 N–H and O–H groups in total. The Kier molecular flexibility index (Phi) is 3.45. The van der Waals surface area contributed by atoms with E-state index in [1.807, 2.05) is 12.1 Å². The minimum atomic E-state index is -4.04. The van der Waals surface area contributed by atoms with E-state index in [1.54, 1.807) is 0 Å². The number of rotatable bonds is 2. The molecule has 7 nitrogen and oxygen atoms in total. The fourth-order valence-electron chi connectivity index (χ4n) is 3.30. The molecular weight excluding hydrogens is 320 g/mol. The second-order valence-corrected chi connectivity index (χ2v) is 7.13. The molecule has 0 saturated carbocycles. The van der Waals surface area contributed by atoms with Crippen molar-refractivity contribution in [3.05, 3.63) is 34.9 Å². The van der Waals surface area contributed by atoms with Crippen LogP contribution in [-0.2, 0) is 30.0 Å². The van der Waals surface area contributed by atoms with Gasteiger partial charge in [-0.3, -0.25) is 0 Å². The van der Waals surface area contributed by atoms with Gasteiger partial charge in [0.15, 0.2) is 12.1 Å². The maximum atomic E-state index is 11.6. The van der Waals surface area contributed by atoms with Crippen molar-refractivity contribution in [3.8, 4) is 0 Å². The molecule has 1 saturated heterocycles. The summed E-state index contributed by atoms with van der Waals surface area (Å²) in [6.07, 6.45) is 0.585. The van der Waals surface area contributed by atoms with Gasteiger partial charge in [-0.2, -0.15) is 8.42 Å². The smallest absolute Gasteiger partial charge is 0.362 e. The SMILES string of the molecule is CC[C@@H]1Cc2c(C)cccc2[C@H](C2=NC3CN2OS(=O)(=O)O3)O1. The first-order valence-electron chi connectivity index (χ1n) is 7.68. The molecule has 0 spiro atoms. The summed E-state index contributed by atoms with van der Waals surface area (Å²) in [6.45, 7) is 4.41. The first-order valence-corrected chi connectivity index (χ1v) is 9.02. The molecule has 3 heterocycles. The van der Waals surface area contributed by atoms with Gasteiger partial charge < -0.3 is 4.74 Å². The van der Waals surface area contributed by atoms with Crippen LogP contribution < -0.4 is 0 Å². The van der Waals surface area contributed by atoms with Gasteiger partial charge in [0.2, 0.25) is 0 Å². The molecular formula is C15H18N2O5S. The van der Waals surface area contributed by atoms with Crippen molar-refractivity contribution in [3.63, 3.8) is 0 Å². The van der Waals surface area contributed by atoms with Crippen LogP contribution in [0.15, 0.2) is 23.2 Å². The van der Waals surface area contributed by atoms with Crippen molar-refractivity contribution in [1.82, 2.24) is 5.06 Å². The highest BCUT2D eigenvalue weighted by Gasteiger charge is 2.45. The van der Waals surface area contributed by atoms with E-state index >= 15 is 0 Å². The van der Waals surface area contributed by atoms with Gasteiger partial charge in [-0.05, 0) is 36.5 Å². The fourth-order valence-corrected chi connectivity index (χ4v) is 4.07. The highest BCUT2D eigenvalue weighted by molar-refractivity contribution is 7.81. The van der Waals surface area contributed by atoms with Gasteiger partial charge in [0.05, 0.1) is 12.6 Å². The zero-order chi connectivity index (χ0) is 16.2. The number of aryl methyl sites for hydroxylation is 1. The van der Waals surface area contributed by atoms with Crippen molar-refractivity contribution in [1.29, 1.82) is 0 Å². The van der Waals surface area contributed by atoms with Crippen LogP contribution >= 0.6 is 0 Å². The number of hydrogen-bond acceptors (Lipinski definition) is 7. The third-order valence-corrected chi connectivity index (χ3v) is 5.26. The molecule has 2 bridgehead atoms. The van der Waals surface area contributed by atoms with Crippen molar-refractivity contribution < 1.29 is 21.6 Å². The van der Waals surface area contributed by atoms with Crippen LogP contribution in [-0.4, -0.2) is 38.2 Å².